The summed E-state index contributed by atoms with van der Waals surface area (Å²) in [6, 6.07) is 15.4. The van der Waals surface area contributed by atoms with E-state index >= 15 is 0 Å². The van der Waals surface area contributed by atoms with Crippen molar-refractivity contribution < 1.29 is 19.4 Å². The molecule has 2 atom stereocenters. The number of aliphatic carboxylic acids is 1. The molecule has 0 spiro atoms. The van der Waals surface area contributed by atoms with Crippen LogP contribution in [0.2, 0.25) is 0 Å². The van der Waals surface area contributed by atoms with Gasteiger partial charge < -0.3 is 9.84 Å². The van der Waals surface area contributed by atoms with E-state index < -0.39 is 18.1 Å². The fraction of sp³-hybridized carbons (Fsp3) is 0.364. The second kappa shape index (κ2) is 7.06. The van der Waals surface area contributed by atoms with E-state index in [-0.39, 0.29) is 18.6 Å². The van der Waals surface area contributed by atoms with Crippen LogP contribution in [0.5, 0.6) is 0 Å². The van der Waals surface area contributed by atoms with Gasteiger partial charge in [-0.15, -0.1) is 0 Å². The van der Waals surface area contributed by atoms with Crippen LogP contribution in [0.1, 0.15) is 43.2 Å². The standard InChI is InChI=1S/C22H23NO4/c1-14-7-6-12-20(21(24)25)23(14)22(26)27-13-19-17-10-4-2-8-15(17)16-9-3-5-11-18(16)19/h2-5,8-11,14,19-20H,6-7,12-13H2,1H3,(H,24,25)/t14-,20-/m1/s1. The molecule has 140 valence electrons. The molecule has 4 rings (SSSR count). The van der Waals surface area contributed by atoms with Gasteiger partial charge in [0.05, 0.1) is 0 Å². The molecule has 2 aromatic rings. The van der Waals surface area contributed by atoms with E-state index in [0.717, 1.165) is 24.0 Å². The number of fused-ring (bicyclic) bond motifs is 3. The number of carbonyl (C=O) groups is 2. The molecule has 1 aliphatic carbocycles. The van der Waals surface area contributed by atoms with Gasteiger partial charge in [-0.05, 0) is 48.4 Å². The summed E-state index contributed by atoms with van der Waals surface area (Å²) >= 11 is 0. The van der Waals surface area contributed by atoms with Crippen molar-refractivity contribution in [3.05, 3.63) is 59.7 Å². The van der Waals surface area contributed by atoms with Crippen LogP contribution in [0.4, 0.5) is 4.79 Å². The predicted octanol–water partition coefficient (Wildman–Crippen LogP) is 4.26. The van der Waals surface area contributed by atoms with Crippen molar-refractivity contribution in [1.82, 2.24) is 4.90 Å². The van der Waals surface area contributed by atoms with Gasteiger partial charge in [0.1, 0.15) is 12.6 Å². The first-order valence-corrected chi connectivity index (χ1v) is 9.44. The molecule has 5 heteroatoms. The van der Waals surface area contributed by atoms with Crippen LogP contribution in [0.3, 0.4) is 0 Å². The number of ether oxygens (including phenoxy) is 1. The van der Waals surface area contributed by atoms with Crippen molar-refractivity contribution in [3.8, 4) is 11.1 Å². The maximum absolute atomic E-state index is 12.7. The Bertz CT molecular complexity index is 833. The summed E-state index contributed by atoms with van der Waals surface area (Å²) in [4.78, 5) is 25.7. The Morgan fingerprint density at radius 1 is 1.04 bits per heavy atom. The Balaban J connectivity index is 1.55. The van der Waals surface area contributed by atoms with Gasteiger partial charge in [0.2, 0.25) is 0 Å². The van der Waals surface area contributed by atoms with Crippen LogP contribution in [-0.2, 0) is 9.53 Å². The molecular formula is C22H23NO4. The first-order chi connectivity index (χ1) is 13.1. The lowest BCUT2D eigenvalue weighted by atomic mass is 9.97. The zero-order valence-corrected chi connectivity index (χ0v) is 15.3. The average molecular weight is 365 g/mol. The van der Waals surface area contributed by atoms with Crippen molar-refractivity contribution in [3.63, 3.8) is 0 Å². The fourth-order valence-electron chi connectivity index (χ4n) is 4.41. The largest absolute Gasteiger partial charge is 0.480 e. The first-order valence-electron chi connectivity index (χ1n) is 9.44. The maximum Gasteiger partial charge on any atom is 0.410 e. The summed E-state index contributed by atoms with van der Waals surface area (Å²) in [7, 11) is 0. The number of amides is 1. The fourth-order valence-corrected chi connectivity index (χ4v) is 4.41. The van der Waals surface area contributed by atoms with Crippen LogP contribution in [0.15, 0.2) is 48.5 Å². The molecular weight excluding hydrogens is 342 g/mol. The second-order valence-corrected chi connectivity index (χ2v) is 7.35. The van der Waals surface area contributed by atoms with E-state index in [9.17, 15) is 14.7 Å². The highest BCUT2D eigenvalue weighted by molar-refractivity contribution is 5.81. The molecule has 5 nitrogen and oxygen atoms in total. The first kappa shape index (κ1) is 17.6. The number of rotatable bonds is 3. The number of likely N-dealkylation sites (tertiary alicyclic amines) is 1. The highest BCUT2D eigenvalue weighted by atomic mass is 16.6. The molecule has 2 aliphatic rings. The lowest BCUT2D eigenvalue weighted by Gasteiger charge is -2.37. The summed E-state index contributed by atoms with van der Waals surface area (Å²) in [5.74, 6) is -0.986. The number of benzene rings is 2. The number of hydrogen-bond donors (Lipinski definition) is 1. The molecule has 1 heterocycles. The summed E-state index contributed by atoms with van der Waals surface area (Å²) in [5.41, 5.74) is 4.63. The van der Waals surface area contributed by atoms with Gasteiger partial charge in [-0.25, -0.2) is 9.59 Å². The van der Waals surface area contributed by atoms with E-state index in [0.29, 0.717) is 6.42 Å². The van der Waals surface area contributed by atoms with Gasteiger partial charge >= 0.3 is 12.1 Å². The van der Waals surface area contributed by atoms with Crippen molar-refractivity contribution in [1.29, 1.82) is 0 Å². The van der Waals surface area contributed by atoms with E-state index in [1.54, 1.807) is 0 Å². The maximum atomic E-state index is 12.7. The minimum absolute atomic E-state index is 0.0234. The summed E-state index contributed by atoms with van der Waals surface area (Å²) in [5, 5.41) is 9.47. The molecule has 1 N–H and O–H groups in total. The van der Waals surface area contributed by atoms with Gasteiger partial charge in [0.25, 0.3) is 0 Å². The van der Waals surface area contributed by atoms with Gasteiger partial charge in [-0.2, -0.15) is 0 Å². The van der Waals surface area contributed by atoms with Crippen LogP contribution >= 0.6 is 0 Å². The van der Waals surface area contributed by atoms with E-state index in [1.807, 2.05) is 31.2 Å². The quantitative estimate of drug-likeness (QED) is 0.882. The number of carboxylic acid groups (broad SMARTS) is 1. The van der Waals surface area contributed by atoms with Crippen molar-refractivity contribution in [2.24, 2.45) is 0 Å². The molecule has 0 bridgehead atoms. The van der Waals surface area contributed by atoms with Crippen LogP contribution in [0.25, 0.3) is 11.1 Å². The van der Waals surface area contributed by atoms with Gasteiger partial charge in [-0.1, -0.05) is 48.5 Å². The number of carbonyl (C=O) groups excluding carboxylic acids is 1. The van der Waals surface area contributed by atoms with Crippen molar-refractivity contribution >= 4 is 12.1 Å². The van der Waals surface area contributed by atoms with Gasteiger partial charge in [-0.3, -0.25) is 4.90 Å². The molecule has 1 amide bonds. The van der Waals surface area contributed by atoms with Crippen LogP contribution < -0.4 is 0 Å². The SMILES string of the molecule is C[C@@H]1CCC[C@H](C(=O)O)N1C(=O)OCC1c2ccccc2-c2ccccc21. The third-order valence-corrected chi connectivity index (χ3v) is 5.74. The summed E-state index contributed by atoms with van der Waals surface area (Å²) < 4.78 is 5.65. The Morgan fingerprint density at radius 2 is 1.63 bits per heavy atom. The van der Waals surface area contributed by atoms with Crippen LogP contribution in [-0.4, -0.2) is 40.8 Å². The number of hydrogen-bond acceptors (Lipinski definition) is 3. The van der Waals surface area contributed by atoms with E-state index in [1.165, 1.54) is 16.0 Å². The Labute approximate surface area is 158 Å². The van der Waals surface area contributed by atoms with Crippen molar-refractivity contribution in [2.45, 2.75) is 44.2 Å². The smallest absolute Gasteiger partial charge is 0.410 e. The Hall–Kier alpha value is -2.82. The molecule has 2 aromatic carbocycles. The van der Waals surface area contributed by atoms with Gasteiger partial charge in [0, 0.05) is 12.0 Å². The third kappa shape index (κ3) is 3.07. The van der Waals surface area contributed by atoms with Gasteiger partial charge in [0.15, 0.2) is 0 Å². The minimum Gasteiger partial charge on any atom is -0.480 e. The molecule has 0 unspecified atom stereocenters. The predicted molar refractivity (Wildman–Crippen MR) is 102 cm³/mol. The molecule has 1 saturated heterocycles. The molecule has 27 heavy (non-hydrogen) atoms. The van der Waals surface area contributed by atoms with E-state index in [4.69, 9.17) is 4.74 Å². The zero-order valence-electron chi connectivity index (χ0n) is 15.3. The lowest BCUT2D eigenvalue weighted by molar-refractivity contribution is -0.145. The Kier molecular flexibility index (Phi) is 4.60. The molecule has 1 fully saturated rings. The van der Waals surface area contributed by atoms with Crippen LogP contribution in [0, 0.1) is 0 Å². The highest BCUT2D eigenvalue weighted by Crippen LogP contribution is 2.44. The minimum atomic E-state index is -0.963. The molecule has 0 saturated carbocycles. The normalized spacial score (nSPS) is 21.4. The summed E-state index contributed by atoms with van der Waals surface area (Å²) in [6.45, 7) is 2.10. The topological polar surface area (TPSA) is 66.8 Å². The highest BCUT2D eigenvalue weighted by Gasteiger charge is 2.38. The monoisotopic (exact) mass is 365 g/mol. The second-order valence-electron chi connectivity index (χ2n) is 7.35. The zero-order chi connectivity index (χ0) is 19.0. The van der Waals surface area contributed by atoms with Crippen molar-refractivity contribution in [2.75, 3.05) is 6.61 Å². The Morgan fingerprint density at radius 3 is 2.22 bits per heavy atom. The molecule has 0 radical (unpaired) electrons. The summed E-state index contributed by atoms with van der Waals surface area (Å²) in [6.07, 6.45) is 1.56. The number of piperidine rings is 1. The third-order valence-electron chi connectivity index (χ3n) is 5.74. The number of carboxylic acids is 1. The lowest BCUT2D eigenvalue weighted by Crippen LogP contribution is -2.52. The molecule has 1 aliphatic heterocycles. The number of nitrogens with zero attached hydrogens (tertiary/aromatic N) is 1. The van der Waals surface area contributed by atoms with E-state index in [2.05, 4.69) is 24.3 Å². The molecule has 0 aromatic heterocycles. The average Bonchev–Trinajstić information content (AvgIpc) is 3.00.